The molecule has 7 heteroatoms. The zero-order valence-electron chi connectivity index (χ0n) is 16.4. The molecule has 152 valence electrons. The van der Waals surface area contributed by atoms with Gasteiger partial charge in [-0.3, -0.25) is 9.54 Å². The summed E-state index contributed by atoms with van der Waals surface area (Å²) in [4.78, 5) is 6.13. The molecule has 3 aromatic rings. The van der Waals surface area contributed by atoms with Crippen LogP contribution in [0.5, 0.6) is 0 Å². The molecule has 1 heterocycles. The number of halogens is 1. The standard InChI is InChI=1S/C16H18N2.C6H5ClO3S/c1-13-12-15(10-11-17-13)5-4-14-6-8-16(9-7-14)18(2)3;7-5-1-3-6(4-2-5)11(8,9)10/h4-12H,1-3H3;1-4H,(H,8,9,10). The molecule has 0 bridgehead atoms. The molecule has 0 unspecified atom stereocenters. The zero-order chi connectivity index (χ0) is 21.4. The fraction of sp³-hybridized carbons (Fsp3) is 0.136. The summed E-state index contributed by atoms with van der Waals surface area (Å²) in [7, 11) is 0.0142. The molecule has 0 radical (unpaired) electrons. The Morgan fingerprint density at radius 1 is 0.931 bits per heavy atom. The molecular formula is C22H23ClN2O3S. The van der Waals surface area contributed by atoms with Gasteiger partial charge in [-0.15, -0.1) is 0 Å². The van der Waals surface area contributed by atoms with E-state index in [1.54, 1.807) is 0 Å². The number of nitrogens with zero attached hydrogens (tertiary/aromatic N) is 2. The molecule has 0 spiro atoms. The number of aromatic nitrogens is 1. The van der Waals surface area contributed by atoms with Crippen molar-refractivity contribution in [3.05, 3.63) is 88.7 Å². The highest BCUT2D eigenvalue weighted by Crippen LogP contribution is 2.15. The fourth-order valence-electron chi connectivity index (χ4n) is 2.35. The highest BCUT2D eigenvalue weighted by molar-refractivity contribution is 7.85. The summed E-state index contributed by atoms with van der Waals surface area (Å²) in [6.45, 7) is 2.00. The molecule has 1 N–H and O–H groups in total. The maximum absolute atomic E-state index is 10.5. The van der Waals surface area contributed by atoms with Crippen LogP contribution in [0.2, 0.25) is 5.02 Å². The quantitative estimate of drug-likeness (QED) is 0.575. The van der Waals surface area contributed by atoms with Crippen molar-refractivity contribution in [2.45, 2.75) is 11.8 Å². The van der Waals surface area contributed by atoms with Gasteiger partial charge < -0.3 is 4.90 Å². The van der Waals surface area contributed by atoms with Gasteiger partial charge in [0.25, 0.3) is 10.1 Å². The Morgan fingerprint density at radius 3 is 2.03 bits per heavy atom. The number of hydrogen-bond acceptors (Lipinski definition) is 4. The van der Waals surface area contributed by atoms with Crippen molar-refractivity contribution >= 4 is 39.6 Å². The Hall–Kier alpha value is -2.67. The van der Waals surface area contributed by atoms with Gasteiger partial charge in [0.1, 0.15) is 0 Å². The third-order valence-electron chi connectivity index (χ3n) is 3.91. The minimum absolute atomic E-state index is 0.151. The lowest BCUT2D eigenvalue weighted by atomic mass is 10.1. The monoisotopic (exact) mass is 430 g/mol. The summed E-state index contributed by atoms with van der Waals surface area (Å²) in [5, 5.41) is 0.428. The number of rotatable bonds is 4. The zero-order valence-corrected chi connectivity index (χ0v) is 18.0. The van der Waals surface area contributed by atoms with Crippen molar-refractivity contribution in [3.63, 3.8) is 0 Å². The largest absolute Gasteiger partial charge is 0.378 e. The predicted octanol–water partition coefficient (Wildman–Crippen LogP) is 5.21. The lowest BCUT2D eigenvalue weighted by molar-refractivity contribution is 0.483. The van der Waals surface area contributed by atoms with Crippen molar-refractivity contribution in [1.29, 1.82) is 0 Å². The molecule has 0 amide bonds. The molecule has 0 fully saturated rings. The number of anilines is 1. The molecule has 1 aromatic heterocycles. The van der Waals surface area contributed by atoms with E-state index in [0.717, 1.165) is 5.69 Å². The van der Waals surface area contributed by atoms with E-state index in [1.807, 2.05) is 33.3 Å². The molecule has 0 aliphatic rings. The van der Waals surface area contributed by atoms with E-state index >= 15 is 0 Å². The summed E-state index contributed by atoms with van der Waals surface area (Å²) in [6.07, 6.45) is 6.07. The van der Waals surface area contributed by atoms with Crippen LogP contribution in [0.15, 0.2) is 71.8 Å². The Labute approximate surface area is 177 Å². The highest BCUT2D eigenvalue weighted by Gasteiger charge is 2.07. The topological polar surface area (TPSA) is 70.5 Å². The lowest BCUT2D eigenvalue weighted by Crippen LogP contribution is -2.07. The van der Waals surface area contributed by atoms with E-state index in [1.165, 1.54) is 41.1 Å². The van der Waals surface area contributed by atoms with Crippen molar-refractivity contribution in [1.82, 2.24) is 4.98 Å². The molecule has 2 aromatic carbocycles. The molecule has 0 aliphatic carbocycles. The number of aryl methyl sites for hydroxylation is 1. The van der Waals surface area contributed by atoms with E-state index in [2.05, 4.69) is 52.4 Å². The van der Waals surface area contributed by atoms with Crippen LogP contribution in [0.25, 0.3) is 12.2 Å². The Kier molecular flexibility index (Phi) is 7.96. The molecule has 0 atom stereocenters. The van der Waals surface area contributed by atoms with Crippen LogP contribution in [-0.4, -0.2) is 32.0 Å². The van der Waals surface area contributed by atoms with Crippen LogP contribution in [0, 0.1) is 6.92 Å². The Morgan fingerprint density at radius 2 is 1.52 bits per heavy atom. The van der Waals surface area contributed by atoms with Crippen LogP contribution in [0.1, 0.15) is 16.8 Å². The van der Waals surface area contributed by atoms with Gasteiger partial charge in [-0.05, 0) is 66.6 Å². The smallest absolute Gasteiger partial charge is 0.294 e. The normalized spacial score (nSPS) is 11.1. The molecule has 0 saturated carbocycles. The molecule has 0 aliphatic heterocycles. The van der Waals surface area contributed by atoms with Crippen LogP contribution in [0.4, 0.5) is 5.69 Å². The number of benzene rings is 2. The summed E-state index contributed by atoms with van der Waals surface area (Å²) in [5.74, 6) is 0. The van der Waals surface area contributed by atoms with E-state index in [0.29, 0.717) is 5.02 Å². The molecular weight excluding hydrogens is 408 g/mol. The molecule has 3 rings (SSSR count). The van der Waals surface area contributed by atoms with Gasteiger partial charge in [0.15, 0.2) is 0 Å². The SMILES string of the molecule is Cc1cc(C=Cc2ccc(N(C)C)cc2)ccn1.O=S(=O)(O)c1ccc(Cl)cc1. The van der Waals surface area contributed by atoms with Gasteiger partial charge >= 0.3 is 0 Å². The summed E-state index contributed by atoms with van der Waals surface area (Å²) in [6, 6.07) is 17.8. The van der Waals surface area contributed by atoms with E-state index in [9.17, 15) is 8.42 Å². The van der Waals surface area contributed by atoms with E-state index < -0.39 is 10.1 Å². The van der Waals surface area contributed by atoms with Crippen molar-refractivity contribution in [2.24, 2.45) is 0 Å². The Balaban J connectivity index is 0.000000234. The first-order valence-corrected chi connectivity index (χ1v) is 10.6. The van der Waals surface area contributed by atoms with Crippen LogP contribution < -0.4 is 4.90 Å². The average molecular weight is 431 g/mol. The van der Waals surface area contributed by atoms with Gasteiger partial charge in [0.05, 0.1) is 4.90 Å². The van der Waals surface area contributed by atoms with Crippen LogP contribution >= 0.6 is 11.6 Å². The predicted molar refractivity (Wildman–Crippen MR) is 120 cm³/mol. The molecule has 29 heavy (non-hydrogen) atoms. The molecule has 0 saturated heterocycles. The Bertz CT molecular complexity index is 1060. The second-order valence-electron chi connectivity index (χ2n) is 6.48. The van der Waals surface area contributed by atoms with Crippen molar-refractivity contribution < 1.29 is 13.0 Å². The van der Waals surface area contributed by atoms with E-state index in [-0.39, 0.29) is 4.90 Å². The third kappa shape index (κ3) is 7.69. The van der Waals surface area contributed by atoms with Gasteiger partial charge in [-0.2, -0.15) is 8.42 Å². The number of hydrogen-bond donors (Lipinski definition) is 1. The van der Waals surface area contributed by atoms with Crippen LogP contribution in [-0.2, 0) is 10.1 Å². The minimum atomic E-state index is -4.08. The highest BCUT2D eigenvalue weighted by atomic mass is 35.5. The summed E-state index contributed by atoms with van der Waals surface area (Å²) < 4.78 is 29.4. The van der Waals surface area contributed by atoms with E-state index in [4.69, 9.17) is 16.2 Å². The fourth-order valence-corrected chi connectivity index (χ4v) is 2.96. The van der Waals surface area contributed by atoms with Crippen molar-refractivity contribution in [2.75, 3.05) is 19.0 Å². The minimum Gasteiger partial charge on any atom is -0.378 e. The first-order valence-electron chi connectivity index (χ1n) is 8.76. The number of pyridine rings is 1. The second kappa shape index (κ2) is 10.2. The first kappa shape index (κ1) is 22.6. The summed E-state index contributed by atoms with van der Waals surface area (Å²) in [5.41, 5.74) is 4.64. The van der Waals surface area contributed by atoms with Gasteiger partial charge in [0.2, 0.25) is 0 Å². The van der Waals surface area contributed by atoms with Gasteiger partial charge in [0, 0.05) is 36.7 Å². The molecule has 5 nitrogen and oxygen atoms in total. The van der Waals surface area contributed by atoms with Gasteiger partial charge in [-0.25, -0.2) is 0 Å². The average Bonchev–Trinajstić information content (AvgIpc) is 2.67. The summed E-state index contributed by atoms with van der Waals surface area (Å²) >= 11 is 5.49. The van der Waals surface area contributed by atoms with Crippen molar-refractivity contribution in [3.8, 4) is 0 Å². The van der Waals surface area contributed by atoms with Crippen LogP contribution in [0.3, 0.4) is 0 Å². The van der Waals surface area contributed by atoms with Gasteiger partial charge in [-0.1, -0.05) is 35.9 Å². The maximum Gasteiger partial charge on any atom is 0.294 e. The first-order chi connectivity index (χ1) is 13.6. The second-order valence-corrected chi connectivity index (χ2v) is 8.34. The maximum atomic E-state index is 10.5. The lowest BCUT2D eigenvalue weighted by Gasteiger charge is -2.11. The third-order valence-corrected chi connectivity index (χ3v) is 5.03.